The van der Waals surface area contributed by atoms with Crippen molar-refractivity contribution in [2.24, 2.45) is 0 Å². The van der Waals surface area contributed by atoms with Crippen LogP contribution in [0, 0.1) is 0 Å². The number of H-pyrrole nitrogens is 1. The maximum Gasteiger partial charge on any atom is 0.410 e. The van der Waals surface area contributed by atoms with Crippen LogP contribution >= 0.6 is 0 Å². The van der Waals surface area contributed by atoms with Crippen LogP contribution in [-0.4, -0.2) is 75.1 Å². The molecule has 0 bridgehead atoms. The highest BCUT2D eigenvalue weighted by Crippen LogP contribution is 2.33. The molecule has 1 saturated heterocycles. The molecule has 0 spiro atoms. The highest BCUT2D eigenvalue weighted by atomic mass is 16.6. The molecule has 10 nitrogen and oxygen atoms in total. The molecule has 0 saturated carbocycles. The Morgan fingerprint density at radius 1 is 1.02 bits per heavy atom. The van der Waals surface area contributed by atoms with Crippen molar-refractivity contribution in [3.05, 3.63) is 78.2 Å². The lowest BCUT2D eigenvalue weighted by atomic mass is 10.1. The Morgan fingerprint density at radius 3 is 2.50 bits per heavy atom. The molecule has 3 heterocycles. The van der Waals surface area contributed by atoms with E-state index in [-0.39, 0.29) is 12.0 Å². The van der Waals surface area contributed by atoms with Crippen molar-refractivity contribution >= 4 is 40.2 Å². The van der Waals surface area contributed by atoms with E-state index in [4.69, 9.17) is 4.74 Å². The van der Waals surface area contributed by atoms with Crippen LogP contribution in [0.1, 0.15) is 50.0 Å². The largest absolute Gasteiger partial charge is 0.444 e. The first-order chi connectivity index (χ1) is 20.2. The first-order valence-corrected chi connectivity index (χ1v) is 14.5. The molecule has 1 aliphatic rings. The molecule has 0 aliphatic carbocycles. The summed E-state index contributed by atoms with van der Waals surface area (Å²) in [7, 11) is 0. The molecular weight excluding hydrogens is 530 g/mol. The van der Waals surface area contributed by atoms with Crippen LogP contribution in [0.3, 0.4) is 0 Å². The summed E-state index contributed by atoms with van der Waals surface area (Å²) in [6, 6.07) is 17.3. The Bertz CT molecular complexity index is 1520. The number of nitrogens with zero attached hydrogens (tertiary/aromatic N) is 5. The van der Waals surface area contributed by atoms with E-state index in [1.807, 2.05) is 75.4 Å². The number of pyridine rings is 1. The van der Waals surface area contributed by atoms with Crippen LogP contribution in [-0.2, 0) is 11.3 Å². The fourth-order valence-electron chi connectivity index (χ4n) is 4.96. The molecule has 220 valence electrons. The van der Waals surface area contributed by atoms with E-state index in [0.29, 0.717) is 41.4 Å². The van der Waals surface area contributed by atoms with Crippen molar-refractivity contribution in [2.45, 2.75) is 46.3 Å². The van der Waals surface area contributed by atoms with Crippen molar-refractivity contribution in [1.29, 1.82) is 0 Å². The highest BCUT2D eigenvalue weighted by Gasteiger charge is 2.26. The number of ether oxygens (including phenoxy) is 1. The molecule has 1 fully saturated rings. The number of rotatable bonds is 8. The molecule has 5 rings (SSSR count). The highest BCUT2D eigenvalue weighted by molar-refractivity contribution is 6.14. The molecular formula is C32H39N7O3. The van der Waals surface area contributed by atoms with Gasteiger partial charge in [-0.05, 0) is 63.1 Å². The van der Waals surface area contributed by atoms with Crippen molar-refractivity contribution < 1.29 is 14.3 Å². The quantitative estimate of drug-likeness (QED) is 0.276. The number of piperazine rings is 1. The maximum absolute atomic E-state index is 14.1. The number of aromatic amines is 1. The smallest absolute Gasteiger partial charge is 0.410 e. The average molecular weight is 570 g/mol. The monoisotopic (exact) mass is 569 g/mol. The summed E-state index contributed by atoms with van der Waals surface area (Å²) in [4.78, 5) is 44.4. The SMILES string of the molecule is CCCNc1cc(N(C(=O)c2ccc(CN3CCN(C(=O)OC(C)(C)C)CC3)cc2)c2cccc3[nH]cnc23)ccn1. The number of benzene rings is 2. The van der Waals surface area contributed by atoms with Gasteiger partial charge in [0.1, 0.15) is 16.9 Å². The molecule has 4 aromatic rings. The van der Waals surface area contributed by atoms with E-state index in [1.54, 1.807) is 22.3 Å². The summed E-state index contributed by atoms with van der Waals surface area (Å²) in [5, 5.41) is 3.31. The van der Waals surface area contributed by atoms with E-state index >= 15 is 0 Å². The number of aromatic nitrogens is 3. The number of carbonyl (C=O) groups is 2. The summed E-state index contributed by atoms with van der Waals surface area (Å²) >= 11 is 0. The van der Waals surface area contributed by atoms with Gasteiger partial charge in [0, 0.05) is 57.1 Å². The normalized spacial score (nSPS) is 14.1. The summed E-state index contributed by atoms with van der Waals surface area (Å²) in [6.07, 6.45) is 4.05. The second kappa shape index (κ2) is 12.6. The van der Waals surface area contributed by atoms with Gasteiger partial charge in [-0.15, -0.1) is 0 Å². The first kappa shape index (κ1) is 29.1. The number of amides is 2. The predicted octanol–water partition coefficient (Wildman–Crippen LogP) is 5.81. The van der Waals surface area contributed by atoms with Gasteiger partial charge in [-0.3, -0.25) is 14.6 Å². The molecule has 2 aromatic heterocycles. The first-order valence-electron chi connectivity index (χ1n) is 14.5. The van der Waals surface area contributed by atoms with Crippen LogP contribution in [0.4, 0.5) is 22.0 Å². The standard InChI is InChI=1S/C32H39N7O3/c1-5-14-33-28-20-25(13-15-34-28)39(27-8-6-7-26-29(27)36-22-35-26)30(40)24-11-9-23(10-12-24)21-37-16-18-38(19-17-37)31(41)42-32(2,3)4/h6-13,15,20,22H,5,14,16-19,21H2,1-4H3,(H,33,34)(H,35,36). The fraction of sp³-hybridized carbons (Fsp3) is 0.375. The van der Waals surface area contributed by atoms with E-state index in [2.05, 4.69) is 32.1 Å². The topological polar surface area (TPSA) is 107 Å². The number of hydrogen-bond acceptors (Lipinski definition) is 7. The van der Waals surface area contributed by atoms with Gasteiger partial charge in [0.05, 0.1) is 23.2 Å². The minimum Gasteiger partial charge on any atom is -0.444 e. The number of carbonyl (C=O) groups excluding carboxylic acids is 2. The second-order valence-electron chi connectivity index (χ2n) is 11.5. The van der Waals surface area contributed by atoms with Crippen LogP contribution in [0.2, 0.25) is 0 Å². The van der Waals surface area contributed by atoms with E-state index < -0.39 is 5.60 Å². The zero-order valence-corrected chi connectivity index (χ0v) is 24.8. The molecule has 0 atom stereocenters. The van der Waals surface area contributed by atoms with Gasteiger partial charge < -0.3 is 19.9 Å². The number of imidazole rings is 1. The minimum atomic E-state index is -0.501. The van der Waals surface area contributed by atoms with Gasteiger partial charge in [0.25, 0.3) is 5.91 Å². The third-order valence-corrected chi connectivity index (χ3v) is 7.06. The lowest BCUT2D eigenvalue weighted by Crippen LogP contribution is -2.49. The van der Waals surface area contributed by atoms with Gasteiger partial charge in [0.15, 0.2) is 0 Å². The van der Waals surface area contributed by atoms with Crippen molar-refractivity contribution in [3.8, 4) is 0 Å². The summed E-state index contributed by atoms with van der Waals surface area (Å²) in [6.45, 7) is 12.0. The van der Waals surface area contributed by atoms with Gasteiger partial charge in [-0.25, -0.2) is 14.8 Å². The third-order valence-electron chi connectivity index (χ3n) is 7.06. The molecule has 1 aliphatic heterocycles. The molecule has 0 unspecified atom stereocenters. The fourth-order valence-corrected chi connectivity index (χ4v) is 4.96. The van der Waals surface area contributed by atoms with Crippen molar-refractivity contribution in [2.75, 3.05) is 42.9 Å². The molecule has 2 N–H and O–H groups in total. The Kier molecular flexibility index (Phi) is 8.72. The van der Waals surface area contributed by atoms with Gasteiger partial charge >= 0.3 is 6.09 Å². The maximum atomic E-state index is 14.1. The summed E-state index contributed by atoms with van der Waals surface area (Å²) in [5.74, 6) is 0.555. The average Bonchev–Trinajstić information content (AvgIpc) is 3.46. The van der Waals surface area contributed by atoms with Crippen LogP contribution < -0.4 is 10.2 Å². The Labute approximate surface area is 246 Å². The number of anilines is 3. The van der Waals surface area contributed by atoms with Crippen LogP contribution in [0.15, 0.2) is 67.1 Å². The lowest BCUT2D eigenvalue weighted by molar-refractivity contribution is 0.0139. The molecule has 2 aromatic carbocycles. The zero-order chi connectivity index (χ0) is 29.7. The zero-order valence-electron chi connectivity index (χ0n) is 24.8. The Hall–Kier alpha value is -4.44. The molecule has 2 amide bonds. The van der Waals surface area contributed by atoms with Gasteiger partial charge in [0.2, 0.25) is 0 Å². The van der Waals surface area contributed by atoms with E-state index in [1.165, 1.54) is 0 Å². The number of para-hydroxylation sites is 1. The third kappa shape index (κ3) is 6.88. The van der Waals surface area contributed by atoms with E-state index in [9.17, 15) is 9.59 Å². The van der Waals surface area contributed by atoms with Crippen LogP contribution in [0.5, 0.6) is 0 Å². The van der Waals surface area contributed by atoms with Gasteiger partial charge in [-0.1, -0.05) is 25.1 Å². The van der Waals surface area contributed by atoms with Crippen molar-refractivity contribution in [1.82, 2.24) is 24.8 Å². The lowest BCUT2D eigenvalue weighted by Gasteiger charge is -2.35. The van der Waals surface area contributed by atoms with E-state index in [0.717, 1.165) is 43.7 Å². The Balaban J connectivity index is 1.32. The molecule has 0 radical (unpaired) electrons. The number of fused-ring (bicyclic) bond motifs is 1. The summed E-state index contributed by atoms with van der Waals surface area (Å²) in [5.41, 5.74) is 4.14. The summed E-state index contributed by atoms with van der Waals surface area (Å²) < 4.78 is 5.51. The van der Waals surface area contributed by atoms with Crippen molar-refractivity contribution in [3.63, 3.8) is 0 Å². The van der Waals surface area contributed by atoms with Crippen LogP contribution in [0.25, 0.3) is 11.0 Å². The molecule has 42 heavy (non-hydrogen) atoms. The molecule has 10 heteroatoms. The predicted molar refractivity (Wildman–Crippen MR) is 165 cm³/mol. The number of hydrogen-bond donors (Lipinski definition) is 2. The van der Waals surface area contributed by atoms with Gasteiger partial charge in [-0.2, -0.15) is 0 Å². The minimum absolute atomic E-state index is 0.157. The number of nitrogens with one attached hydrogen (secondary N) is 2. The second-order valence-corrected chi connectivity index (χ2v) is 11.5. The Morgan fingerprint density at radius 2 is 1.79 bits per heavy atom.